The molecule has 2 atom stereocenters. The molecule has 0 aromatic carbocycles. The van der Waals surface area contributed by atoms with Crippen LogP contribution in [0.4, 0.5) is 5.95 Å². The summed E-state index contributed by atoms with van der Waals surface area (Å²) in [5.74, 6) is 1.46. The van der Waals surface area contributed by atoms with Gasteiger partial charge in [-0.3, -0.25) is 0 Å². The number of nitrogens with zero attached hydrogens (tertiary/aromatic N) is 3. The van der Waals surface area contributed by atoms with Gasteiger partial charge in [-0.15, -0.1) is 0 Å². The van der Waals surface area contributed by atoms with Gasteiger partial charge in [0.15, 0.2) is 0 Å². The van der Waals surface area contributed by atoms with Crippen molar-refractivity contribution in [3.63, 3.8) is 0 Å². The van der Waals surface area contributed by atoms with Gasteiger partial charge in [0, 0.05) is 44.0 Å². The molecule has 2 N–H and O–H groups in total. The van der Waals surface area contributed by atoms with Gasteiger partial charge >= 0.3 is 0 Å². The van der Waals surface area contributed by atoms with Crippen molar-refractivity contribution in [2.45, 2.75) is 50.2 Å². The molecular formula is C15H24N4O. The molecule has 0 spiro atoms. The first-order valence-electron chi connectivity index (χ1n) is 7.64. The zero-order valence-electron chi connectivity index (χ0n) is 12.2. The Kier molecular flexibility index (Phi) is 4.17. The number of rotatable bonds is 3. The van der Waals surface area contributed by atoms with Gasteiger partial charge in [0.1, 0.15) is 0 Å². The van der Waals surface area contributed by atoms with Crippen molar-refractivity contribution in [3.8, 4) is 0 Å². The molecule has 2 aliphatic rings. The Hall–Kier alpha value is -1.20. The fourth-order valence-electron chi connectivity index (χ4n) is 3.33. The summed E-state index contributed by atoms with van der Waals surface area (Å²) in [6.07, 6.45) is 8.08. The van der Waals surface area contributed by atoms with Gasteiger partial charge in [-0.1, -0.05) is 12.8 Å². The maximum absolute atomic E-state index is 6.07. The molecule has 110 valence electrons. The van der Waals surface area contributed by atoms with Crippen LogP contribution in [-0.4, -0.2) is 42.3 Å². The average Bonchev–Trinajstić information content (AvgIpc) is 3.02. The molecule has 0 radical (unpaired) electrons. The highest BCUT2D eigenvalue weighted by Crippen LogP contribution is 2.33. The number of aromatic nitrogens is 2. The third-order valence-electron chi connectivity index (χ3n) is 4.63. The zero-order chi connectivity index (χ0) is 13.9. The Balaban J connectivity index is 1.74. The lowest BCUT2D eigenvalue weighted by molar-refractivity contribution is 0.0726. The monoisotopic (exact) mass is 276 g/mol. The first kappa shape index (κ1) is 13.8. The smallest absolute Gasteiger partial charge is 0.225 e. The van der Waals surface area contributed by atoms with E-state index in [1.807, 2.05) is 6.20 Å². The number of piperidine rings is 1. The van der Waals surface area contributed by atoms with Crippen molar-refractivity contribution in [1.29, 1.82) is 0 Å². The van der Waals surface area contributed by atoms with Crippen molar-refractivity contribution in [1.82, 2.24) is 9.97 Å². The third-order valence-corrected chi connectivity index (χ3v) is 4.63. The SMILES string of the molecule is CO[C@@H]1CN(c2nccc(C3CCCC3)n2)CC[C@@H]1N. The molecule has 0 bridgehead atoms. The fraction of sp³-hybridized carbons (Fsp3) is 0.733. The minimum absolute atomic E-state index is 0.0717. The Labute approximate surface area is 120 Å². The van der Waals surface area contributed by atoms with Gasteiger partial charge < -0.3 is 15.4 Å². The van der Waals surface area contributed by atoms with E-state index in [9.17, 15) is 0 Å². The van der Waals surface area contributed by atoms with Crippen LogP contribution in [0.5, 0.6) is 0 Å². The Morgan fingerprint density at radius 1 is 1.30 bits per heavy atom. The summed E-state index contributed by atoms with van der Waals surface area (Å²) in [4.78, 5) is 11.4. The first-order valence-corrected chi connectivity index (χ1v) is 7.64. The van der Waals surface area contributed by atoms with Gasteiger partial charge in [0.05, 0.1) is 6.10 Å². The number of nitrogens with two attached hydrogens (primary N) is 1. The summed E-state index contributed by atoms with van der Waals surface area (Å²) < 4.78 is 5.46. The highest BCUT2D eigenvalue weighted by atomic mass is 16.5. The normalized spacial score (nSPS) is 28.0. The molecule has 1 aromatic rings. The predicted molar refractivity (Wildman–Crippen MR) is 78.8 cm³/mol. The van der Waals surface area contributed by atoms with E-state index in [1.165, 1.54) is 31.4 Å². The molecule has 1 saturated heterocycles. The lowest BCUT2D eigenvalue weighted by Gasteiger charge is -2.36. The highest BCUT2D eigenvalue weighted by Gasteiger charge is 2.28. The minimum Gasteiger partial charge on any atom is -0.378 e. The van der Waals surface area contributed by atoms with E-state index < -0.39 is 0 Å². The Morgan fingerprint density at radius 2 is 2.10 bits per heavy atom. The lowest BCUT2D eigenvalue weighted by Crippen LogP contribution is -2.52. The van der Waals surface area contributed by atoms with E-state index in [2.05, 4.69) is 16.0 Å². The minimum atomic E-state index is 0.0717. The van der Waals surface area contributed by atoms with Gasteiger partial charge in [0.25, 0.3) is 0 Å². The Bertz CT molecular complexity index is 447. The molecule has 5 nitrogen and oxygen atoms in total. The molecule has 5 heteroatoms. The van der Waals surface area contributed by atoms with Crippen molar-refractivity contribution < 1.29 is 4.74 Å². The largest absolute Gasteiger partial charge is 0.378 e. The third kappa shape index (κ3) is 2.79. The highest BCUT2D eigenvalue weighted by molar-refractivity contribution is 5.32. The molecule has 1 aliphatic carbocycles. The van der Waals surface area contributed by atoms with E-state index in [0.29, 0.717) is 5.92 Å². The van der Waals surface area contributed by atoms with Crippen molar-refractivity contribution >= 4 is 5.95 Å². The molecule has 1 saturated carbocycles. The van der Waals surface area contributed by atoms with Crippen LogP contribution in [0.15, 0.2) is 12.3 Å². The van der Waals surface area contributed by atoms with Crippen LogP contribution in [0.1, 0.15) is 43.7 Å². The van der Waals surface area contributed by atoms with Gasteiger partial charge in [-0.05, 0) is 25.3 Å². The van der Waals surface area contributed by atoms with Crippen LogP contribution in [0, 0.1) is 0 Å². The second-order valence-corrected chi connectivity index (χ2v) is 5.94. The van der Waals surface area contributed by atoms with Crippen LogP contribution < -0.4 is 10.6 Å². The summed E-state index contributed by atoms with van der Waals surface area (Å²) >= 11 is 0. The molecule has 20 heavy (non-hydrogen) atoms. The molecule has 0 amide bonds. The van der Waals surface area contributed by atoms with Crippen molar-refractivity contribution in [2.75, 3.05) is 25.1 Å². The standard InChI is InChI=1S/C15H24N4O/c1-20-14-10-19(9-7-12(14)16)15-17-8-6-13(18-15)11-4-2-3-5-11/h6,8,11-12,14H,2-5,7,9-10,16H2,1H3/t12-,14+/m0/s1. The van der Waals surface area contributed by atoms with E-state index >= 15 is 0 Å². The molecular weight excluding hydrogens is 252 g/mol. The average molecular weight is 276 g/mol. The van der Waals surface area contributed by atoms with Gasteiger partial charge in [-0.2, -0.15) is 0 Å². The zero-order valence-corrected chi connectivity index (χ0v) is 12.2. The topological polar surface area (TPSA) is 64.3 Å². The predicted octanol–water partition coefficient (Wildman–Crippen LogP) is 1.69. The quantitative estimate of drug-likeness (QED) is 0.910. The van der Waals surface area contributed by atoms with E-state index in [0.717, 1.165) is 25.5 Å². The summed E-state index contributed by atoms with van der Waals surface area (Å²) in [6, 6.07) is 2.19. The second kappa shape index (κ2) is 6.06. The number of anilines is 1. The molecule has 1 aliphatic heterocycles. The van der Waals surface area contributed by atoms with E-state index in [4.69, 9.17) is 15.5 Å². The van der Waals surface area contributed by atoms with Gasteiger partial charge in [0.2, 0.25) is 5.95 Å². The molecule has 2 fully saturated rings. The number of hydrogen-bond donors (Lipinski definition) is 1. The van der Waals surface area contributed by atoms with Crippen LogP contribution in [0.3, 0.4) is 0 Å². The van der Waals surface area contributed by atoms with Crippen LogP contribution >= 0.6 is 0 Å². The molecule has 0 unspecified atom stereocenters. The summed E-state index contributed by atoms with van der Waals surface area (Å²) in [5.41, 5.74) is 7.27. The van der Waals surface area contributed by atoms with Gasteiger partial charge in [-0.25, -0.2) is 9.97 Å². The molecule has 1 aromatic heterocycles. The summed E-state index contributed by atoms with van der Waals surface area (Å²) in [6.45, 7) is 1.70. The maximum Gasteiger partial charge on any atom is 0.225 e. The number of ether oxygens (including phenoxy) is 1. The first-order chi connectivity index (χ1) is 9.78. The van der Waals surface area contributed by atoms with E-state index in [-0.39, 0.29) is 12.1 Å². The Morgan fingerprint density at radius 3 is 2.85 bits per heavy atom. The summed E-state index contributed by atoms with van der Waals surface area (Å²) in [7, 11) is 1.73. The second-order valence-electron chi connectivity index (χ2n) is 5.94. The fourth-order valence-corrected chi connectivity index (χ4v) is 3.33. The number of methoxy groups -OCH3 is 1. The number of hydrogen-bond acceptors (Lipinski definition) is 5. The van der Waals surface area contributed by atoms with Crippen molar-refractivity contribution in [2.24, 2.45) is 5.73 Å². The lowest BCUT2D eigenvalue weighted by atomic mass is 10.0. The van der Waals surface area contributed by atoms with Crippen LogP contribution in [0.2, 0.25) is 0 Å². The molecule has 2 heterocycles. The maximum atomic E-state index is 6.07. The summed E-state index contributed by atoms with van der Waals surface area (Å²) in [5, 5.41) is 0. The molecule has 3 rings (SSSR count). The van der Waals surface area contributed by atoms with Crippen LogP contribution in [0.25, 0.3) is 0 Å². The van der Waals surface area contributed by atoms with Crippen LogP contribution in [-0.2, 0) is 4.74 Å². The van der Waals surface area contributed by atoms with Crippen molar-refractivity contribution in [3.05, 3.63) is 18.0 Å². The van der Waals surface area contributed by atoms with E-state index in [1.54, 1.807) is 7.11 Å².